The fourth-order valence-electron chi connectivity index (χ4n) is 3.27. The Labute approximate surface area is 150 Å². The number of carbonyl (C=O) groups is 2. The van der Waals surface area contributed by atoms with Crippen LogP contribution in [-0.4, -0.2) is 36.7 Å². The van der Waals surface area contributed by atoms with Crippen LogP contribution in [-0.2, 0) is 9.53 Å². The summed E-state index contributed by atoms with van der Waals surface area (Å²) in [4.78, 5) is 24.0. The third-order valence-corrected chi connectivity index (χ3v) is 4.97. The minimum atomic E-state index is -0.902. The summed E-state index contributed by atoms with van der Waals surface area (Å²) in [5.41, 5.74) is 1.26. The van der Waals surface area contributed by atoms with E-state index in [-0.39, 0.29) is 18.2 Å². The zero-order chi connectivity index (χ0) is 18.0. The normalized spacial score (nSPS) is 16.7. The van der Waals surface area contributed by atoms with Crippen molar-refractivity contribution in [2.45, 2.75) is 19.8 Å². The second-order valence-electron chi connectivity index (χ2n) is 6.30. The van der Waals surface area contributed by atoms with Crippen molar-refractivity contribution >= 4 is 34.4 Å². The van der Waals surface area contributed by atoms with E-state index in [4.69, 9.17) is 20.8 Å². The Kier molecular flexibility index (Phi) is 5.30. The van der Waals surface area contributed by atoms with Crippen LogP contribution in [0.2, 0.25) is 5.02 Å². The predicted molar refractivity (Wildman–Crippen MR) is 93.0 cm³/mol. The molecule has 134 valence electrons. The Morgan fingerprint density at radius 2 is 2.08 bits per heavy atom. The summed E-state index contributed by atoms with van der Waals surface area (Å²) in [5.74, 6) is -1.76. The highest BCUT2D eigenvalue weighted by Crippen LogP contribution is 2.28. The van der Waals surface area contributed by atoms with E-state index in [1.165, 1.54) is 0 Å². The lowest BCUT2D eigenvalue weighted by atomic mass is 9.86. The molecule has 1 atom stereocenters. The van der Waals surface area contributed by atoms with Gasteiger partial charge in [0.15, 0.2) is 5.76 Å². The first-order valence-corrected chi connectivity index (χ1v) is 8.62. The van der Waals surface area contributed by atoms with Gasteiger partial charge in [0.1, 0.15) is 5.58 Å². The van der Waals surface area contributed by atoms with Crippen molar-refractivity contribution in [1.29, 1.82) is 0 Å². The fraction of sp³-hybridized carbons (Fsp3) is 0.444. The highest BCUT2D eigenvalue weighted by Gasteiger charge is 2.30. The second-order valence-corrected chi connectivity index (χ2v) is 6.74. The van der Waals surface area contributed by atoms with Gasteiger partial charge in [0, 0.05) is 35.7 Å². The van der Waals surface area contributed by atoms with Gasteiger partial charge >= 0.3 is 5.97 Å². The molecule has 0 aliphatic carbocycles. The molecule has 6 nitrogen and oxygen atoms in total. The van der Waals surface area contributed by atoms with Gasteiger partial charge in [0.25, 0.3) is 5.91 Å². The maximum atomic E-state index is 12.5. The molecule has 1 fully saturated rings. The third kappa shape index (κ3) is 3.80. The molecule has 7 heteroatoms. The molecule has 1 aliphatic rings. The number of hydrogen-bond acceptors (Lipinski definition) is 4. The maximum absolute atomic E-state index is 12.5. The lowest BCUT2D eigenvalue weighted by molar-refractivity contribution is -0.144. The number of fused-ring (bicyclic) bond motifs is 1. The van der Waals surface area contributed by atoms with Gasteiger partial charge in [-0.2, -0.15) is 0 Å². The molecule has 1 saturated heterocycles. The van der Waals surface area contributed by atoms with E-state index in [1.54, 1.807) is 25.1 Å². The van der Waals surface area contributed by atoms with Gasteiger partial charge < -0.3 is 19.6 Å². The molecule has 2 heterocycles. The zero-order valence-electron chi connectivity index (χ0n) is 13.9. The Bertz CT molecular complexity index is 794. The monoisotopic (exact) mass is 365 g/mol. The zero-order valence-corrected chi connectivity index (χ0v) is 14.6. The van der Waals surface area contributed by atoms with E-state index in [1.807, 2.05) is 0 Å². The summed E-state index contributed by atoms with van der Waals surface area (Å²) in [6, 6.07) is 5.15. The molecule has 0 spiro atoms. The third-order valence-electron chi connectivity index (χ3n) is 4.74. The Morgan fingerprint density at radius 3 is 2.76 bits per heavy atom. The molecule has 1 aliphatic heterocycles. The van der Waals surface area contributed by atoms with Crippen LogP contribution >= 0.6 is 11.6 Å². The lowest BCUT2D eigenvalue weighted by Crippen LogP contribution is -2.39. The van der Waals surface area contributed by atoms with Crippen molar-refractivity contribution in [3.63, 3.8) is 0 Å². The van der Waals surface area contributed by atoms with Gasteiger partial charge in [-0.3, -0.25) is 9.59 Å². The van der Waals surface area contributed by atoms with E-state index in [0.29, 0.717) is 42.2 Å². The molecular formula is C18H20ClNO5. The molecule has 25 heavy (non-hydrogen) atoms. The lowest BCUT2D eigenvalue weighted by Gasteiger charge is -2.27. The van der Waals surface area contributed by atoms with Gasteiger partial charge in [-0.15, -0.1) is 0 Å². The van der Waals surface area contributed by atoms with Crippen molar-refractivity contribution in [3.05, 3.63) is 34.5 Å². The van der Waals surface area contributed by atoms with Crippen molar-refractivity contribution in [1.82, 2.24) is 5.32 Å². The molecule has 1 aromatic carbocycles. The Hall–Kier alpha value is -2.05. The number of ether oxygens (including phenoxy) is 1. The largest absolute Gasteiger partial charge is 0.481 e. The number of halogens is 1. The van der Waals surface area contributed by atoms with Crippen LogP contribution in [0, 0.1) is 18.8 Å². The minimum Gasteiger partial charge on any atom is -0.481 e. The van der Waals surface area contributed by atoms with Gasteiger partial charge in [0.05, 0.1) is 5.92 Å². The summed E-state index contributed by atoms with van der Waals surface area (Å²) >= 11 is 5.99. The van der Waals surface area contributed by atoms with Crippen LogP contribution in [0.15, 0.2) is 22.6 Å². The number of rotatable bonds is 5. The van der Waals surface area contributed by atoms with E-state index < -0.39 is 17.8 Å². The van der Waals surface area contributed by atoms with E-state index in [9.17, 15) is 14.7 Å². The summed E-state index contributed by atoms with van der Waals surface area (Å²) in [6.07, 6.45) is 1.38. The minimum absolute atomic E-state index is 0.00197. The van der Waals surface area contributed by atoms with Crippen molar-refractivity contribution in [3.8, 4) is 0 Å². The van der Waals surface area contributed by atoms with Crippen molar-refractivity contribution < 1.29 is 23.8 Å². The first-order valence-electron chi connectivity index (χ1n) is 8.24. The molecule has 1 aromatic heterocycles. The SMILES string of the molecule is Cc1c(C(=O)NCC(C(=O)O)C2CCOCC2)oc2ccc(Cl)cc12. The number of hydrogen-bond donors (Lipinski definition) is 2. The number of aliphatic carboxylic acids is 1. The van der Waals surface area contributed by atoms with Gasteiger partial charge in [-0.1, -0.05) is 11.6 Å². The molecule has 1 unspecified atom stereocenters. The Morgan fingerprint density at radius 1 is 1.36 bits per heavy atom. The Balaban J connectivity index is 1.73. The summed E-state index contributed by atoms with van der Waals surface area (Å²) in [6.45, 7) is 2.97. The average Bonchev–Trinajstić information content (AvgIpc) is 2.92. The molecule has 2 N–H and O–H groups in total. The fourth-order valence-corrected chi connectivity index (χ4v) is 3.44. The second kappa shape index (κ2) is 7.45. The molecular weight excluding hydrogens is 346 g/mol. The number of nitrogens with one attached hydrogen (secondary N) is 1. The summed E-state index contributed by atoms with van der Waals surface area (Å²) in [5, 5.41) is 13.5. The van der Waals surface area contributed by atoms with Crippen LogP contribution in [0.1, 0.15) is 29.0 Å². The van der Waals surface area contributed by atoms with Crippen LogP contribution in [0.5, 0.6) is 0 Å². The van der Waals surface area contributed by atoms with E-state index in [0.717, 1.165) is 5.39 Å². The van der Waals surface area contributed by atoms with E-state index in [2.05, 4.69) is 5.32 Å². The summed E-state index contributed by atoms with van der Waals surface area (Å²) < 4.78 is 10.9. The van der Waals surface area contributed by atoms with Gasteiger partial charge in [-0.25, -0.2) is 0 Å². The predicted octanol–water partition coefficient (Wildman–Crippen LogP) is 3.25. The average molecular weight is 366 g/mol. The molecule has 0 saturated carbocycles. The first-order chi connectivity index (χ1) is 12.0. The molecule has 2 aromatic rings. The summed E-state index contributed by atoms with van der Waals surface area (Å²) in [7, 11) is 0. The highest BCUT2D eigenvalue weighted by atomic mass is 35.5. The topological polar surface area (TPSA) is 88.8 Å². The van der Waals surface area contributed by atoms with Crippen LogP contribution < -0.4 is 5.32 Å². The van der Waals surface area contributed by atoms with Gasteiger partial charge in [0.2, 0.25) is 0 Å². The van der Waals surface area contributed by atoms with Crippen molar-refractivity contribution in [2.24, 2.45) is 11.8 Å². The molecule has 0 bridgehead atoms. The number of benzene rings is 1. The molecule has 0 radical (unpaired) electrons. The quantitative estimate of drug-likeness (QED) is 0.849. The van der Waals surface area contributed by atoms with E-state index >= 15 is 0 Å². The van der Waals surface area contributed by atoms with Crippen LogP contribution in [0.4, 0.5) is 0 Å². The highest BCUT2D eigenvalue weighted by molar-refractivity contribution is 6.31. The molecule has 3 rings (SSSR count). The number of carbonyl (C=O) groups excluding carboxylic acids is 1. The number of amides is 1. The first kappa shape index (κ1) is 17.8. The smallest absolute Gasteiger partial charge is 0.308 e. The number of carboxylic acid groups (broad SMARTS) is 1. The standard InChI is InChI=1S/C18H20ClNO5/c1-10-13-8-12(19)2-3-15(13)25-16(10)17(21)20-9-14(18(22)23)11-4-6-24-7-5-11/h2-3,8,11,14H,4-7,9H2,1H3,(H,20,21)(H,22,23). The number of carboxylic acids is 1. The number of furan rings is 1. The molecule has 1 amide bonds. The van der Waals surface area contributed by atoms with Crippen LogP contribution in [0.25, 0.3) is 11.0 Å². The van der Waals surface area contributed by atoms with Gasteiger partial charge in [-0.05, 0) is 43.9 Å². The maximum Gasteiger partial charge on any atom is 0.308 e. The number of aryl methyl sites for hydroxylation is 1. The van der Waals surface area contributed by atoms with Crippen molar-refractivity contribution in [2.75, 3.05) is 19.8 Å². The van der Waals surface area contributed by atoms with Crippen LogP contribution in [0.3, 0.4) is 0 Å².